The number of unbranched alkanes of at least 4 members (excludes halogenated alkanes) is 3. The van der Waals surface area contributed by atoms with Gasteiger partial charge in [-0.1, -0.05) is 44.7 Å². The summed E-state index contributed by atoms with van der Waals surface area (Å²) in [7, 11) is 0. The van der Waals surface area contributed by atoms with Crippen LogP contribution in [0.2, 0.25) is 0 Å². The first kappa shape index (κ1) is 15.5. The molecule has 0 atom stereocenters. The van der Waals surface area contributed by atoms with E-state index in [4.69, 9.17) is 0 Å². The summed E-state index contributed by atoms with van der Waals surface area (Å²) in [4.78, 5) is 0. The Kier molecular flexibility index (Phi) is 8.14. The van der Waals surface area contributed by atoms with E-state index in [1.807, 2.05) is 16.4 Å². The standard InChI is InChI=1S/C14H27N3S/c1-13(2)8-6-4-5-7-10-17-12-14(15-16-17)9-11-18-3/h12-13H,4-11H2,1-3H3. The van der Waals surface area contributed by atoms with Gasteiger partial charge >= 0.3 is 0 Å². The second-order valence-electron chi connectivity index (χ2n) is 5.31. The van der Waals surface area contributed by atoms with E-state index in [9.17, 15) is 0 Å². The summed E-state index contributed by atoms with van der Waals surface area (Å²) >= 11 is 1.86. The summed E-state index contributed by atoms with van der Waals surface area (Å²) in [5.41, 5.74) is 1.13. The summed E-state index contributed by atoms with van der Waals surface area (Å²) in [6.07, 6.45) is 11.9. The molecule has 3 nitrogen and oxygen atoms in total. The molecule has 1 aromatic heterocycles. The molecule has 0 fully saturated rings. The molecule has 104 valence electrons. The van der Waals surface area contributed by atoms with Gasteiger partial charge in [-0.25, -0.2) is 0 Å². The van der Waals surface area contributed by atoms with Gasteiger partial charge in [0, 0.05) is 19.2 Å². The lowest BCUT2D eigenvalue weighted by Crippen LogP contribution is -1.98. The molecule has 0 aliphatic rings. The summed E-state index contributed by atoms with van der Waals surface area (Å²) < 4.78 is 2.00. The first-order chi connectivity index (χ1) is 8.72. The van der Waals surface area contributed by atoms with Crippen molar-refractivity contribution in [1.29, 1.82) is 0 Å². The molecular weight excluding hydrogens is 242 g/mol. The van der Waals surface area contributed by atoms with Gasteiger partial charge in [0.05, 0.1) is 5.69 Å². The van der Waals surface area contributed by atoms with Crippen LogP contribution in [0.15, 0.2) is 6.20 Å². The van der Waals surface area contributed by atoms with Gasteiger partial charge in [-0.2, -0.15) is 11.8 Å². The number of aromatic nitrogens is 3. The third-order valence-electron chi connectivity index (χ3n) is 3.07. The molecule has 18 heavy (non-hydrogen) atoms. The first-order valence-corrected chi connectivity index (χ1v) is 8.49. The zero-order valence-corrected chi connectivity index (χ0v) is 12.9. The van der Waals surface area contributed by atoms with Crippen LogP contribution in [-0.2, 0) is 13.0 Å². The van der Waals surface area contributed by atoms with E-state index in [2.05, 4.69) is 36.6 Å². The minimum Gasteiger partial charge on any atom is -0.252 e. The molecule has 1 heterocycles. The largest absolute Gasteiger partial charge is 0.252 e. The van der Waals surface area contributed by atoms with Crippen LogP contribution in [0.4, 0.5) is 0 Å². The maximum Gasteiger partial charge on any atom is 0.0835 e. The molecule has 0 radical (unpaired) electrons. The van der Waals surface area contributed by atoms with E-state index in [-0.39, 0.29) is 0 Å². The van der Waals surface area contributed by atoms with Crippen molar-refractivity contribution in [2.24, 2.45) is 5.92 Å². The van der Waals surface area contributed by atoms with Crippen LogP contribution in [0.1, 0.15) is 51.6 Å². The topological polar surface area (TPSA) is 30.7 Å². The summed E-state index contributed by atoms with van der Waals surface area (Å²) in [6, 6.07) is 0. The van der Waals surface area contributed by atoms with Crippen LogP contribution >= 0.6 is 11.8 Å². The third kappa shape index (κ3) is 7.04. The van der Waals surface area contributed by atoms with Gasteiger partial charge in [0.2, 0.25) is 0 Å². The molecule has 0 aliphatic heterocycles. The predicted octanol–water partition coefficient (Wildman–Crippen LogP) is 3.79. The minimum absolute atomic E-state index is 0.847. The monoisotopic (exact) mass is 269 g/mol. The van der Waals surface area contributed by atoms with Crippen LogP contribution in [0.25, 0.3) is 0 Å². The normalized spacial score (nSPS) is 11.3. The molecule has 0 bridgehead atoms. The van der Waals surface area contributed by atoms with Gasteiger partial charge in [-0.15, -0.1) is 5.10 Å². The molecule has 0 unspecified atom stereocenters. The van der Waals surface area contributed by atoms with Crippen LogP contribution in [0.5, 0.6) is 0 Å². The minimum atomic E-state index is 0.847. The van der Waals surface area contributed by atoms with E-state index in [1.54, 1.807) is 0 Å². The lowest BCUT2D eigenvalue weighted by atomic mass is 10.0. The van der Waals surface area contributed by atoms with E-state index in [0.717, 1.165) is 30.3 Å². The van der Waals surface area contributed by atoms with E-state index in [1.165, 1.54) is 32.1 Å². The molecule has 0 saturated heterocycles. The Balaban J connectivity index is 2.06. The van der Waals surface area contributed by atoms with Crippen molar-refractivity contribution in [2.45, 2.75) is 58.9 Å². The fraction of sp³-hybridized carbons (Fsp3) is 0.857. The van der Waals surface area contributed by atoms with Crippen LogP contribution in [-0.4, -0.2) is 27.0 Å². The van der Waals surface area contributed by atoms with Gasteiger partial charge in [0.15, 0.2) is 0 Å². The van der Waals surface area contributed by atoms with Crippen molar-refractivity contribution in [1.82, 2.24) is 15.0 Å². The number of rotatable bonds is 10. The molecule has 0 N–H and O–H groups in total. The molecule has 0 aliphatic carbocycles. The second kappa shape index (κ2) is 9.42. The number of nitrogens with zero attached hydrogens (tertiary/aromatic N) is 3. The Morgan fingerprint density at radius 2 is 2.00 bits per heavy atom. The SMILES string of the molecule is CSCCc1cn(CCCCCCC(C)C)nn1. The van der Waals surface area contributed by atoms with Crippen molar-refractivity contribution >= 4 is 11.8 Å². The molecule has 0 spiro atoms. The Bertz CT molecular complexity index is 310. The maximum atomic E-state index is 4.19. The van der Waals surface area contributed by atoms with Crippen molar-refractivity contribution in [3.8, 4) is 0 Å². The quantitative estimate of drug-likeness (QED) is 0.605. The second-order valence-corrected chi connectivity index (χ2v) is 6.30. The van der Waals surface area contributed by atoms with Crippen molar-refractivity contribution in [3.05, 3.63) is 11.9 Å². The highest BCUT2D eigenvalue weighted by atomic mass is 32.2. The van der Waals surface area contributed by atoms with Crippen molar-refractivity contribution < 1.29 is 0 Å². The number of thioether (sulfide) groups is 1. The smallest absolute Gasteiger partial charge is 0.0835 e. The number of aryl methyl sites for hydroxylation is 2. The molecule has 0 saturated carbocycles. The number of hydrogen-bond donors (Lipinski definition) is 0. The van der Waals surface area contributed by atoms with Crippen molar-refractivity contribution in [3.63, 3.8) is 0 Å². The highest BCUT2D eigenvalue weighted by Crippen LogP contribution is 2.10. The van der Waals surface area contributed by atoms with Crippen LogP contribution in [0, 0.1) is 5.92 Å². The molecule has 0 amide bonds. The van der Waals surface area contributed by atoms with Crippen molar-refractivity contribution in [2.75, 3.05) is 12.0 Å². The average Bonchev–Trinajstić information content (AvgIpc) is 2.78. The van der Waals surface area contributed by atoms with Gasteiger partial charge in [0.25, 0.3) is 0 Å². The molecular formula is C14H27N3S. The molecule has 0 aromatic carbocycles. The Morgan fingerprint density at radius 1 is 1.22 bits per heavy atom. The van der Waals surface area contributed by atoms with Gasteiger partial charge in [-0.05, 0) is 24.3 Å². The van der Waals surface area contributed by atoms with Gasteiger partial charge < -0.3 is 0 Å². The molecule has 1 rings (SSSR count). The zero-order chi connectivity index (χ0) is 13.2. The molecule has 1 aromatic rings. The Labute approximate surface area is 116 Å². The van der Waals surface area contributed by atoms with Crippen LogP contribution in [0.3, 0.4) is 0 Å². The summed E-state index contributed by atoms with van der Waals surface area (Å²) in [5, 5.41) is 8.36. The van der Waals surface area contributed by atoms with E-state index in [0.29, 0.717) is 0 Å². The fourth-order valence-electron chi connectivity index (χ4n) is 1.95. The Morgan fingerprint density at radius 3 is 2.72 bits per heavy atom. The van der Waals surface area contributed by atoms with E-state index >= 15 is 0 Å². The first-order valence-electron chi connectivity index (χ1n) is 7.10. The highest BCUT2D eigenvalue weighted by molar-refractivity contribution is 7.98. The van der Waals surface area contributed by atoms with E-state index < -0.39 is 0 Å². The van der Waals surface area contributed by atoms with Crippen LogP contribution < -0.4 is 0 Å². The lowest BCUT2D eigenvalue weighted by molar-refractivity contribution is 0.489. The lowest BCUT2D eigenvalue weighted by Gasteiger charge is -2.04. The molecule has 4 heteroatoms. The summed E-state index contributed by atoms with van der Waals surface area (Å²) in [5.74, 6) is 1.98. The Hall–Kier alpha value is -0.510. The fourth-order valence-corrected chi connectivity index (χ4v) is 2.36. The highest BCUT2D eigenvalue weighted by Gasteiger charge is 2.00. The third-order valence-corrected chi connectivity index (χ3v) is 3.68. The zero-order valence-electron chi connectivity index (χ0n) is 12.1. The average molecular weight is 269 g/mol. The summed E-state index contributed by atoms with van der Waals surface area (Å²) in [6.45, 7) is 5.62. The maximum absolute atomic E-state index is 4.19. The number of hydrogen-bond acceptors (Lipinski definition) is 3. The van der Waals surface area contributed by atoms with Gasteiger partial charge in [-0.3, -0.25) is 4.68 Å². The predicted molar refractivity (Wildman–Crippen MR) is 80.0 cm³/mol. The van der Waals surface area contributed by atoms with Gasteiger partial charge in [0.1, 0.15) is 0 Å².